The van der Waals surface area contributed by atoms with E-state index in [-0.39, 0.29) is 30.3 Å². The highest BCUT2D eigenvalue weighted by Gasteiger charge is 2.40. The minimum atomic E-state index is -0.478. The molecular formula is C21H30ClN3O4. The molecule has 0 spiro atoms. The van der Waals surface area contributed by atoms with E-state index in [1.165, 1.54) is 19.3 Å². The van der Waals surface area contributed by atoms with Gasteiger partial charge in [-0.25, -0.2) is 0 Å². The fraction of sp³-hybridized carbons (Fsp3) is 0.619. The number of nitrogens with one attached hydrogen (secondary N) is 2. The number of ether oxygens (including phenoxy) is 2. The zero-order chi connectivity index (χ0) is 19.7. The van der Waals surface area contributed by atoms with Crippen molar-refractivity contribution in [3.05, 3.63) is 18.2 Å². The molecule has 1 saturated carbocycles. The topological polar surface area (TPSA) is 79.9 Å². The molecule has 1 aliphatic carbocycles. The highest BCUT2D eigenvalue weighted by Crippen LogP contribution is 2.34. The molecule has 1 aromatic rings. The van der Waals surface area contributed by atoms with Crippen LogP contribution in [0.1, 0.15) is 38.5 Å². The SMILES string of the molecule is COc1cc(OC)cc(N2CCC(NC(=O)C3CC4CCCCC4N3)C2=O)c1.Cl. The van der Waals surface area contributed by atoms with Crippen LogP contribution < -0.4 is 25.0 Å². The van der Waals surface area contributed by atoms with Crippen LogP contribution in [0.25, 0.3) is 0 Å². The fourth-order valence-corrected chi connectivity index (χ4v) is 4.81. The van der Waals surface area contributed by atoms with Crippen LogP contribution in [0.4, 0.5) is 5.69 Å². The van der Waals surface area contributed by atoms with E-state index in [0.717, 1.165) is 18.5 Å². The molecule has 4 rings (SSSR count). The van der Waals surface area contributed by atoms with Gasteiger partial charge in [0.25, 0.3) is 0 Å². The van der Waals surface area contributed by atoms with Crippen LogP contribution in [0.15, 0.2) is 18.2 Å². The van der Waals surface area contributed by atoms with Gasteiger partial charge in [0.1, 0.15) is 17.5 Å². The van der Waals surface area contributed by atoms with Crippen LogP contribution in [0.3, 0.4) is 0 Å². The number of hydrogen-bond donors (Lipinski definition) is 2. The lowest BCUT2D eigenvalue weighted by molar-refractivity contribution is -0.127. The van der Waals surface area contributed by atoms with Crippen molar-refractivity contribution in [2.75, 3.05) is 25.7 Å². The van der Waals surface area contributed by atoms with Gasteiger partial charge in [-0.15, -0.1) is 12.4 Å². The normalized spacial score (nSPS) is 28.5. The van der Waals surface area contributed by atoms with Crippen molar-refractivity contribution >= 4 is 29.9 Å². The molecule has 0 radical (unpaired) electrons. The second kappa shape index (κ2) is 9.22. The third-order valence-corrected chi connectivity index (χ3v) is 6.35. The third kappa shape index (κ3) is 4.46. The average molecular weight is 424 g/mol. The van der Waals surface area contributed by atoms with Gasteiger partial charge in [-0.1, -0.05) is 12.8 Å². The molecular weight excluding hydrogens is 394 g/mol. The van der Waals surface area contributed by atoms with Gasteiger partial charge in [0.2, 0.25) is 11.8 Å². The van der Waals surface area contributed by atoms with Gasteiger partial charge >= 0.3 is 0 Å². The fourth-order valence-electron chi connectivity index (χ4n) is 4.81. The van der Waals surface area contributed by atoms with Crippen LogP contribution >= 0.6 is 12.4 Å². The maximum absolute atomic E-state index is 12.9. The predicted octanol–water partition coefficient (Wildman–Crippen LogP) is 2.27. The molecule has 0 aromatic heterocycles. The minimum Gasteiger partial charge on any atom is -0.497 e. The van der Waals surface area contributed by atoms with E-state index in [9.17, 15) is 9.59 Å². The van der Waals surface area contributed by atoms with E-state index < -0.39 is 6.04 Å². The summed E-state index contributed by atoms with van der Waals surface area (Å²) in [6, 6.07) is 5.21. The van der Waals surface area contributed by atoms with Gasteiger partial charge in [-0.3, -0.25) is 9.59 Å². The van der Waals surface area contributed by atoms with Crippen molar-refractivity contribution in [3.63, 3.8) is 0 Å². The number of nitrogens with zero attached hydrogens (tertiary/aromatic N) is 1. The molecule has 7 nitrogen and oxygen atoms in total. The first-order chi connectivity index (χ1) is 13.6. The van der Waals surface area contributed by atoms with Crippen molar-refractivity contribution in [3.8, 4) is 11.5 Å². The second-order valence-electron chi connectivity index (χ2n) is 8.02. The summed E-state index contributed by atoms with van der Waals surface area (Å²) >= 11 is 0. The number of carbonyl (C=O) groups is 2. The maximum Gasteiger partial charge on any atom is 0.249 e. The van der Waals surface area contributed by atoms with E-state index in [4.69, 9.17) is 9.47 Å². The Hall–Kier alpha value is -1.99. The molecule has 2 aliphatic heterocycles. The van der Waals surface area contributed by atoms with E-state index >= 15 is 0 Å². The Morgan fingerprint density at radius 2 is 1.79 bits per heavy atom. The van der Waals surface area contributed by atoms with Gasteiger partial charge in [0, 0.05) is 30.8 Å². The highest BCUT2D eigenvalue weighted by atomic mass is 35.5. The molecule has 2 saturated heterocycles. The molecule has 1 aromatic carbocycles. The number of amides is 2. The molecule has 8 heteroatoms. The number of rotatable bonds is 5. The Morgan fingerprint density at radius 1 is 1.10 bits per heavy atom. The quantitative estimate of drug-likeness (QED) is 0.759. The summed E-state index contributed by atoms with van der Waals surface area (Å²) in [6.07, 6.45) is 6.34. The zero-order valence-electron chi connectivity index (χ0n) is 17.0. The van der Waals surface area contributed by atoms with Gasteiger partial charge in [-0.2, -0.15) is 0 Å². The van der Waals surface area contributed by atoms with E-state index in [0.29, 0.717) is 36.4 Å². The first-order valence-electron chi connectivity index (χ1n) is 10.2. The molecule has 160 valence electrons. The summed E-state index contributed by atoms with van der Waals surface area (Å²) in [4.78, 5) is 27.4. The Labute approximate surface area is 177 Å². The summed E-state index contributed by atoms with van der Waals surface area (Å²) in [7, 11) is 3.17. The van der Waals surface area contributed by atoms with Gasteiger partial charge in [0.05, 0.1) is 25.9 Å². The molecule has 4 atom stereocenters. The first kappa shape index (κ1) is 21.7. The Bertz CT molecular complexity index is 723. The van der Waals surface area contributed by atoms with E-state index in [2.05, 4.69) is 10.6 Å². The lowest BCUT2D eigenvalue weighted by Gasteiger charge is -2.24. The van der Waals surface area contributed by atoms with Crippen LogP contribution in [0.5, 0.6) is 11.5 Å². The van der Waals surface area contributed by atoms with Crippen LogP contribution in [0.2, 0.25) is 0 Å². The van der Waals surface area contributed by atoms with Crippen molar-refractivity contribution in [2.24, 2.45) is 5.92 Å². The number of hydrogen-bond acceptors (Lipinski definition) is 5. The molecule has 3 aliphatic rings. The summed E-state index contributed by atoms with van der Waals surface area (Å²) in [5.74, 6) is 1.74. The minimum absolute atomic E-state index is 0. The van der Waals surface area contributed by atoms with Crippen molar-refractivity contribution < 1.29 is 19.1 Å². The number of anilines is 1. The Kier molecular flexibility index (Phi) is 6.90. The monoisotopic (exact) mass is 423 g/mol. The number of halogens is 1. The first-order valence-corrected chi connectivity index (χ1v) is 10.2. The van der Waals surface area contributed by atoms with E-state index in [1.807, 2.05) is 12.1 Å². The number of carbonyl (C=O) groups excluding carboxylic acids is 2. The van der Waals surface area contributed by atoms with Crippen LogP contribution in [-0.2, 0) is 9.59 Å². The third-order valence-electron chi connectivity index (χ3n) is 6.35. The number of fused-ring (bicyclic) bond motifs is 1. The molecule has 3 fully saturated rings. The average Bonchev–Trinajstić information content (AvgIpc) is 3.31. The van der Waals surface area contributed by atoms with Crippen molar-refractivity contribution in [1.82, 2.24) is 10.6 Å². The summed E-state index contributed by atoms with van der Waals surface area (Å²) in [5, 5.41) is 6.47. The van der Waals surface area contributed by atoms with Gasteiger partial charge in [-0.05, 0) is 31.6 Å². The number of methoxy groups -OCH3 is 2. The van der Waals surface area contributed by atoms with Crippen molar-refractivity contribution in [2.45, 2.75) is 56.7 Å². The smallest absolute Gasteiger partial charge is 0.249 e. The maximum atomic E-state index is 12.9. The zero-order valence-corrected chi connectivity index (χ0v) is 17.8. The lowest BCUT2D eigenvalue weighted by atomic mass is 9.85. The molecule has 4 unspecified atom stereocenters. The van der Waals surface area contributed by atoms with Gasteiger partial charge in [0.15, 0.2) is 0 Å². The highest BCUT2D eigenvalue weighted by molar-refractivity contribution is 6.02. The predicted molar refractivity (Wildman–Crippen MR) is 113 cm³/mol. The second-order valence-corrected chi connectivity index (χ2v) is 8.02. The summed E-state index contributed by atoms with van der Waals surface area (Å²) < 4.78 is 10.6. The Balaban J connectivity index is 0.00000240. The van der Waals surface area contributed by atoms with Gasteiger partial charge < -0.3 is 25.0 Å². The van der Waals surface area contributed by atoms with Crippen LogP contribution in [-0.4, -0.2) is 50.7 Å². The van der Waals surface area contributed by atoms with E-state index in [1.54, 1.807) is 25.2 Å². The van der Waals surface area contributed by atoms with Crippen molar-refractivity contribution in [1.29, 1.82) is 0 Å². The molecule has 2 heterocycles. The molecule has 2 amide bonds. The standard InChI is InChI=1S/C21H29N3O4.ClH/c1-27-15-10-14(11-16(12-15)28-2)24-8-7-18(21(24)26)23-20(25)19-9-13-5-3-4-6-17(13)22-19;/h10-13,17-19,22H,3-9H2,1-2H3,(H,23,25);1H. The Morgan fingerprint density at radius 3 is 2.45 bits per heavy atom. The molecule has 29 heavy (non-hydrogen) atoms. The number of benzene rings is 1. The summed E-state index contributed by atoms with van der Waals surface area (Å²) in [6.45, 7) is 0.559. The molecule has 0 bridgehead atoms. The lowest BCUT2D eigenvalue weighted by Crippen LogP contribution is -2.49. The summed E-state index contributed by atoms with van der Waals surface area (Å²) in [5.41, 5.74) is 0.725. The largest absolute Gasteiger partial charge is 0.497 e. The molecule has 2 N–H and O–H groups in total. The van der Waals surface area contributed by atoms with Crippen LogP contribution in [0, 0.1) is 5.92 Å².